The van der Waals surface area contributed by atoms with Crippen LogP contribution in [0.5, 0.6) is 0 Å². The van der Waals surface area contributed by atoms with Crippen LogP contribution in [0.15, 0.2) is 0 Å². The number of ether oxygens (including phenoxy) is 1. The summed E-state index contributed by atoms with van der Waals surface area (Å²) in [5.74, 6) is -0.0725. The van der Waals surface area contributed by atoms with Crippen molar-refractivity contribution in [3.8, 4) is 0 Å². The Morgan fingerprint density at radius 2 is 2.15 bits per heavy atom. The molecule has 1 saturated heterocycles. The van der Waals surface area contributed by atoms with Gasteiger partial charge in [0.1, 0.15) is 0 Å². The third-order valence-electron chi connectivity index (χ3n) is 3.19. The lowest BCUT2D eigenvalue weighted by molar-refractivity contribution is -0.150. The molecule has 0 bridgehead atoms. The monoisotopic (exact) mass is 183 g/mol. The molecule has 0 unspecified atom stereocenters. The van der Waals surface area contributed by atoms with Gasteiger partial charge in [0, 0.05) is 13.1 Å². The largest absolute Gasteiger partial charge is 0.465 e. The van der Waals surface area contributed by atoms with E-state index in [1.165, 1.54) is 19.3 Å². The van der Waals surface area contributed by atoms with Gasteiger partial charge in [0.05, 0.1) is 13.2 Å². The molecule has 2 rings (SSSR count). The first-order chi connectivity index (χ1) is 6.24. The Kier molecular flexibility index (Phi) is 2.28. The fraction of sp³-hybridized carbons (Fsp3) is 0.900. The number of carbonyl (C=O) groups excluding carboxylic acids is 1. The first-order valence-corrected chi connectivity index (χ1v) is 5.12. The molecule has 1 heterocycles. The van der Waals surface area contributed by atoms with E-state index in [-0.39, 0.29) is 5.97 Å². The molecular formula is C10H17NO2. The number of likely N-dealkylation sites (tertiary alicyclic amines) is 1. The number of rotatable bonds is 3. The van der Waals surface area contributed by atoms with E-state index in [0.717, 1.165) is 13.1 Å². The molecule has 0 N–H and O–H groups in total. The van der Waals surface area contributed by atoms with E-state index in [4.69, 9.17) is 4.74 Å². The van der Waals surface area contributed by atoms with Crippen LogP contribution >= 0.6 is 0 Å². The van der Waals surface area contributed by atoms with Crippen LogP contribution in [-0.2, 0) is 9.53 Å². The van der Waals surface area contributed by atoms with Gasteiger partial charge in [0.25, 0.3) is 0 Å². The van der Waals surface area contributed by atoms with E-state index < -0.39 is 0 Å². The third-order valence-corrected chi connectivity index (χ3v) is 3.19. The molecule has 0 aromatic carbocycles. The minimum absolute atomic E-state index is 0.0725. The quantitative estimate of drug-likeness (QED) is 0.612. The summed E-state index contributed by atoms with van der Waals surface area (Å²) in [6.07, 6.45) is 4.12. The molecule has 0 amide bonds. The van der Waals surface area contributed by atoms with E-state index in [1.54, 1.807) is 0 Å². The number of hydrogen-bond acceptors (Lipinski definition) is 3. The highest BCUT2D eigenvalue weighted by atomic mass is 16.5. The van der Waals surface area contributed by atoms with Crippen LogP contribution in [-0.4, -0.2) is 37.1 Å². The maximum atomic E-state index is 11.1. The molecule has 1 aliphatic carbocycles. The summed E-state index contributed by atoms with van der Waals surface area (Å²) in [5.41, 5.74) is 0.618. The zero-order valence-corrected chi connectivity index (χ0v) is 8.21. The van der Waals surface area contributed by atoms with Crippen LogP contribution in [0.25, 0.3) is 0 Å². The maximum absolute atomic E-state index is 11.1. The van der Waals surface area contributed by atoms with E-state index in [9.17, 15) is 4.79 Å². The molecule has 1 spiro atoms. The van der Waals surface area contributed by atoms with Gasteiger partial charge in [-0.1, -0.05) is 6.42 Å². The summed E-state index contributed by atoms with van der Waals surface area (Å²) in [7, 11) is 0. The number of esters is 1. The van der Waals surface area contributed by atoms with Crippen molar-refractivity contribution in [3.05, 3.63) is 0 Å². The Hall–Kier alpha value is -0.570. The minimum Gasteiger partial charge on any atom is -0.465 e. The fourth-order valence-electron chi connectivity index (χ4n) is 2.40. The number of carbonyl (C=O) groups is 1. The summed E-state index contributed by atoms with van der Waals surface area (Å²) in [6.45, 7) is 5.08. The molecule has 3 nitrogen and oxygen atoms in total. The third kappa shape index (κ3) is 1.70. The fourth-order valence-corrected chi connectivity index (χ4v) is 2.40. The first-order valence-electron chi connectivity index (χ1n) is 5.12. The van der Waals surface area contributed by atoms with Crippen LogP contribution in [0.1, 0.15) is 26.2 Å². The molecule has 2 aliphatic rings. The van der Waals surface area contributed by atoms with Gasteiger partial charge in [-0.05, 0) is 25.2 Å². The van der Waals surface area contributed by atoms with Gasteiger partial charge in [0.15, 0.2) is 0 Å². The smallest absolute Gasteiger partial charge is 0.320 e. The van der Waals surface area contributed by atoms with Gasteiger partial charge in [-0.15, -0.1) is 0 Å². The topological polar surface area (TPSA) is 29.5 Å². The Morgan fingerprint density at radius 3 is 2.62 bits per heavy atom. The second-order valence-electron chi connectivity index (χ2n) is 4.30. The Labute approximate surface area is 79.0 Å². The van der Waals surface area contributed by atoms with Gasteiger partial charge in [-0.25, -0.2) is 0 Å². The summed E-state index contributed by atoms with van der Waals surface area (Å²) < 4.78 is 4.89. The molecule has 0 atom stereocenters. The molecule has 1 saturated carbocycles. The van der Waals surface area contributed by atoms with Crippen molar-refractivity contribution in [1.29, 1.82) is 0 Å². The molecule has 3 heteroatoms. The van der Waals surface area contributed by atoms with Crippen LogP contribution in [0.2, 0.25) is 0 Å². The average Bonchev–Trinajstić information content (AvgIpc) is 1.92. The lowest BCUT2D eigenvalue weighted by Gasteiger charge is -2.55. The van der Waals surface area contributed by atoms with Crippen molar-refractivity contribution in [3.63, 3.8) is 0 Å². The van der Waals surface area contributed by atoms with Crippen molar-refractivity contribution < 1.29 is 9.53 Å². The van der Waals surface area contributed by atoms with Crippen molar-refractivity contribution in [2.24, 2.45) is 5.41 Å². The van der Waals surface area contributed by atoms with Crippen LogP contribution in [0.4, 0.5) is 0 Å². The Bertz CT molecular complexity index is 203. The van der Waals surface area contributed by atoms with Crippen LogP contribution in [0.3, 0.4) is 0 Å². The Morgan fingerprint density at radius 1 is 1.46 bits per heavy atom. The summed E-state index contributed by atoms with van der Waals surface area (Å²) >= 11 is 0. The SMILES string of the molecule is CCOC(=O)CN1CC2(CCC2)C1. The van der Waals surface area contributed by atoms with E-state index in [1.807, 2.05) is 6.92 Å². The van der Waals surface area contributed by atoms with Gasteiger partial charge in [-0.3, -0.25) is 9.69 Å². The molecule has 13 heavy (non-hydrogen) atoms. The van der Waals surface area contributed by atoms with E-state index >= 15 is 0 Å². The van der Waals surface area contributed by atoms with E-state index in [0.29, 0.717) is 18.6 Å². The lowest BCUT2D eigenvalue weighted by Crippen LogP contribution is -2.60. The predicted octanol–water partition coefficient (Wildman–Crippen LogP) is 1.04. The standard InChI is InChI=1S/C10H17NO2/c1-2-13-9(12)6-11-7-10(8-11)4-3-5-10/h2-8H2,1H3. The molecule has 0 aromatic rings. The normalized spacial score (nSPS) is 25.0. The summed E-state index contributed by atoms with van der Waals surface area (Å²) in [4.78, 5) is 13.3. The minimum atomic E-state index is -0.0725. The zero-order chi connectivity index (χ0) is 9.31. The molecule has 0 aromatic heterocycles. The molecule has 2 fully saturated rings. The highest BCUT2D eigenvalue weighted by Gasteiger charge is 2.47. The zero-order valence-electron chi connectivity index (χ0n) is 8.21. The van der Waals surface area contributed by atoms with Gasteiger partial charge < -0.3 is 4.74 Å². The summed E-state index contributed by atoms with van der Waals surface area (Å²) in [6, 6.07) is 0. The highest BCUT2D eigenvalue weighted by molar-refractivity contribution is 5.71. The Balaban J connectivity index is 1.66. The molecular weight excluding hydrogens is 166 g/mol. The lowest BCUT2D eigenvalue weighted by atomic mass is 9.63. The first kappa shape index (κ1) is 9.00. The van der Waals surface area contributed by atoms with Crippen LogP contribution < -0.4 is 0 Å². The van der Waals surface area contributed by atoms with Crippen molar-refractivity contribution >= 4 is 5.97 Å². The maximum Gasteiger partial charge on any atom is 0.320 e. The second-order valence-corrected chi connectivity index (χ2v) is 4.30. The molecule has 1 aliphatic heterocycles. The number of nitrogens with zero attached hydrogens (tertiary/aromatic N) is 1. The molecule has 0 radical (unpaired) electrons. The summed E-state index contributed by atoms with van der Waals surface area (Å²) in [5, 5.41) is 0. The van der Waals surface area contributed by atoms with Crippen molar-refractivity contribution in [1.82, 2.24) is 4.90 Å². The molecule has 74 valence electrons. The van der Waals surface area contributed by atoms with Crippen LogP contribution in [0, 0.1) is 5.41 Å². The number of hydrogen-bond donors (Lipinski definition) is 0. The van der Waals surface area contributed by atoms with Crippen molar-refractivity contribution in [2.75, 3.05) is 26.2 Å². The van der Waals surface area contributed by atoms with Crippen molar-refractivity contribution in [2.45, 2.75) is 26.2 Å². The average molecular weight is 183 g/mol. The van der Waals surface area contributed by atoms with Gasteiger partial charge >= 0.3 is 5.97 Å². The second kappa shape index (κ2) is 3.29. The van der Waals surface area contributed by atoms with Gasteiger partial charge in [0.2, 0.25) is 0 Å². The predicted molar refractivity (Wildman–Crippen MR) is 49.4 cm³/mol. The highest BCUT2D eigenvalue weighted by Crippen LogP contribution is 2.47. The van der Waals surface area contributed by atoms with E-state index in [2.05, 4.69) is 4.90 Å². The van der Waals surface area contributed by atoms with Gasteiger partial charge in [-0.2, -0.15) is 0 Å².